The van der Waals surface area contributed by atoms with Crippen LogP contribution in [0.1, 0.15) is 227 Å². The maximum absolute atomic E-state index is 14.1. The Morgan fingerprint density at radius 3 is 1.48 bits per heavy atom. The smallest absolute Gasteiger partial charge is 0.306 e. The molecule has 0 aromatic rings. The maximum Gasteiger partial charge on any atom is 0.306 e. The van der Waals surface area contributed by atoms with E-state index in [1.165, 1.54) is 128 Å². The Labute approximate surface area is 347 Å². The van der Waals surface area contributed by atoms with Crippen LogP contribution in [0.15, 0.2) is 0 Å². The second kappa shape index (κ2) is 35.3. The van der Waals surface area contributed by atoms with E-state index in [4.69, 9.17) is 9.47 Å². The summed E-state index contributed by atoms with van der Waals surface area (Å²) < 4.78 is 11.8. The summed E-state index contributed by atoms with van der Waals surface area (Å²) in [7, 11) is 4.08. The summed E-state index contributed by atoms with van der Waals surface area (Å²) in [5.41, 5.74) is -0.949. The molecule has 8 nitrogen and oxygen atoms in total. The maximum atomic E-state index is 14.1. The third-order valence-electron chi connectivity index (χ3n) is 12.0. The van der Waals surface area contributed by atoms with Crippen molar-refractivity contribution in [2.45, 2.75) is 238 Å². The van der Waals surface area contributed by atoms with E-state index in [2.05, 4.69) is 37.9 Å². The van der Waals surface area contributed by atoms with Gasteiger partial charge in [-0.15, -0.1) is 0 Å². The van der Waals surface area contributed by atoms with Gasteiger partial charge in [0.1, 0.15) is 6.10 Å². The molecule has 1 N–H and O–H groups in total. The van der Waals surface area contributed by atoms with Crippen LogP contribution in [-0.2, 0) is 23.9 Å². The monoisotopic (exact) mass is 792 g/mol. The minimum Gasteiger partial charge on any atom is -0.462 e. The molecule has 0 spiro atoms. The normalized spacial score (nSPS) is 14.2. The number of nitrogens with zero attached hydrogens (tertiary/aromatic N) is 2. The van der Waals surface area contributed by atoms with E-state index in [0.29, 0.717) is 44.7 Å². The number of unbranched alkanes of at least 4 members (excludes halogenated alkanes) is 19. The predicted octanol–water partition coefficient (Wildman–Crippen LogP) is 12.0. The van der Waals surface area contributed by atoms with E-state index < -0.39 is 5.54 Å². The molecule has 8 heteroatoms. The van der Waals surface area contributed by atoms with Crippen molar-refractivity contribution < 1.29 is 23.9 Å². The third-order valence-corrected chi connectivity index (χ3v) is 12.0. The van der Waals surface area contributed by atoms with Gasteiger partial charge in [-0.3, -0.25) is 14.4 Å². The standard InChI is InChI=1S/C48H93N3O5/c1-7-11-15-19-22-26-33-43(32-25-18-14-10-4)40-49-47(54)48(41-55-42-48)51(39-31-38-50(5)6)45(52)36-29-30-37-46(53)56-44(34-27-23-20-16-12-8-2)35-28-24-21-17-13-9-3/h43-44H,7-42H2,1-6H3,(H,49,54). The number of hydrogen-bond acceptors (Lipinski definition) is 6. The van der Waals surface area contributed by atoms with Crippen molar-refractivity contribution in [3.05, 3.63) is 0 Å². The van der Waals surface area contributed by atoms with Gasteiger partial charge in [-0.25, -0.2) is 0 Å². The Kier molecular flexibility index (Phi) is 33.0. The highest BCUT2D eigenvalue weighted by Crippen LogP contribution is 2.28. The summed E-state index contributed by atoms with van der Waals surface area (Å²) in [6.07, 6.45) is 34.4. The molecule has 0 saturated carbocycles. The molecule has 1 atom stereocenters. The molecule has 1 saturated heterocycles. The zero-order valence-electron chi connectivity index (χ0n) is 38.0. The highest BCUT2D eigenvalue weighted by atomic mass is 16.5. The third kappa shape index (κ3) is 25.0. The molecular weight excluding hydrogens is 699 g/mol. The number of esters is 1. The van der Waals surface area contributed by atoms with Gasteiger partial charge in [0.25, 0.3) is 5.91 Å². The summed E-state index contributed by atoms with van der Waals surface area (Å²) in [4.78, 5) is 45.0. The fraction of sp³-hybridized carbons (Fsp3) is 0.938. The molecule has 1 heterocycles. The first-order chi connectivity index (χ1) is 27.2. The van der Waals surface area contributed by atoms with E-state index in [1.807, 2.05) is 19.0 Å². The molecule has 1 rings (SSSR count). The average molecular weight is 792 g/mol. The van der Waals surface area contributed by atoms with Gasteiger partial charge in [-0.1, -0.05) is 156 Å². The molecule has 1 aliphatic heterocycles. The van der Waals surface area contributed by atoms with Crippen LogP contribution in [0.3, 0.4) is 0 Å². The summed E-state index contributed by atoms with van der Waals surface area (Å²) in [6, 6.07) is 0. The van der Waals surface area contributed by atoms with Crippen molar-refractivity contribution in [3.63, 3.8) is 0 Å². The fourth-order valence-electron chi connectivity index (χ4n) is 8.14. The van der Waals surface area contributed by atoms with Crippen LogP contribution in [0.4, 0.5) is 0 Å². The second-order valence-electron chi connectivity index (χ2n) is 17.6. The van der Waals surface area contributed by atoms with Gasteiger partial charge in [-0.05, 0) is 84.3 Å². The molecule has 0 bridgehead atoms. The van der Waals surface area contributed by atoms with Gasteiger partial charge in [0.2, 0.25) is 5.91 Å². The predicted molar refractivity (Wildman–Crippen MR) is 236 cm³/mol. The van der Waals surface area contributed by atoms with Crippen LogP contribution < -0.4 is 5.32 Å². The summed E-state index contributed by atoms with van der Waals surface area (Å²) in [5, 5.41) is 3.33. The minimum absolute atomic E-state index is 0.00684. The van der Waals surface area contributed by atoms with Gasteiger partial charge >= 0.3 is 5.97 Å². The Morgan fingerprint density at radius 1 is 0.571 bits per heavy atom. The van der Waals surface area contributed by atoms with Crippen LogP contribution in [0.2, 0.25) is 0 Å². The van der Waals surface area contributed by atoms with Crippen LogP contribution in [0, 0.1) is 5.92 Å². The summed E-state index contributed by atoms with van der Waals surface area (Å²) >= 11 is 0. The van der Waals surface area contributed by atoms with E-state index >= 15 is 0 Å². The SMILES string of the molecule is CCCCCCCCC(CCCCCC)CNC(=O)C1(N(CCCN(C)C)C(=O)CCCCC(=O)OC(CCCCCCCC)CCCCCCCC)COC1. The number of carbonyl (C=O) groups excluding carboxylic acids is 3. The van der Waals surface area contributed by atoms with Gasteiger partial charge < -0.3 is 24.6 Å². The van der Waals surface area contributed by atoms with E-state index in [0.717, 1.165) is 51.5 Å². The largest absolute Gasteiger partial charge is 0.462 e. The molecule has 0 radical (unpaired) electrons. The number of carbonyl (C=O) groups is 3. The lowest BCUT2D eigenvalue weighted by Crippen LogP contribution is -2.71. The van der Waals surface area contributed by atoms with Gasteiger partial charge in [0.15, 0.2) is 5.54 Å². The lowest BCUT2D eigenvalue weighted by molar-refractivity contribution is -0.180. The van der Waals surface area contributed by atoms with Gasteiger partial charge in [-0.2, -0.15) is 0 Å². The highest BCUT2D eigenvalue weighted by molar-refractivity contribution is 5.92. The Morgan fingerprint density at radius 2 is 1.02 bits per heavy atom. The van der Waals surface area contributed by atoms with Crippen LogP contribution in [0.5, 0.6) is 0 Å². The summed E-state index contributed by atoms with van der Waals surface area (Å²) in [5.74, 6) is 0.265. The molecular formula is C48H93N3O5. The molecule has 1 fully saturated rings. The molecule has 2 amide bonds. The van der Waals surface area contributed by atoms with E-state index in [1.54, 1.807) is 0 Å². The lowest BCUT2D eigenvalue weighted by Gasteiger charge is -2.48. The number of ether oxygens (including phenoxy) is 2. The van der Waals surface area contributed by atoms with Crippen molar-refractivity contribution >= 4 is 17.8 Å². The van der Waals surface area contributed by atoms with Crippen molar-refractivity contribution in [1.82, 2.24) is 15.1 Å². The number of nitrogens with one attached hydrogen (secondary N) is 1. The fourth-order valence-corrected chi connectivity index (χ4v) is 8.14. The lowest BCUT2D eigenvalue weighted by atomic mass is 9.90. The first-order valence-corrected chi connectivity index (χ1v) is 24.2. The molecule has 0 aromatic carbocycles. The molecule has 330 valence electrons. The Hall–Kier alpha value is -1.67. The van der Waals surface area contributed by atoms with Crippen molar-refractivity contribution in [1.29, 1.82) is 0 Å². The topological polar surface area (TPSA) is 88.2 Å². The van der Waals surface area contributed by atoms with Gasteiger partial charge in [0, 0.05) is 25.9 Å². The van der Waals surface area contributed by atoms with Crippen LogP contribution in [-0.4, -0.2) is 86.2 Å². The van der Waals surface area contributed by atoms with Crippen molar-refractivity contribution in [2.24, 2.45) is 5.92 Å². The van der Waals surface area contributed by atoms with E-state index in [-0.39, 0.29) is 37.1 Å². The first-order valence-electron chi connectivity index (χ1n) is 24.2. The molecule has 56 heavy (non-hydrogen) atoms. The highest BCUT2D eigenvalue weighted by Gasteiger charge is 2.52. The minimum atomic E-state index is -0.949. The summed E-state index contributed by atoms with van der Waals surface area (Å²) in [6.45, 7) is 11.5. The number of amides is 2. The van der Waals surface area contributed by atoms with Crippen molar-refractivity contribution in [2.75, 3.05) is 46.9 Å². The van der Waals surface area contributed by atoms with Gasteiger partial charge in [0.05, 0.1) is 13.2 Å². The Balaban J connectivity index is 2.78. The quantitative estimate of drug-likeness (QED) is 0.0491. The zero-order chi connectivity index (χ0) is 41.1. The second-order valence-corrected chi connectivity index (χ2v) is 17.6. The van der Waals surface area contributed by atoms with Crippen LogP contribution >= 0.6 is 0 Å². The van der Waals surface area contributed by atoms with Crippen molar-refractivity contribution in [3.8, 4) is 0 Å². The molecule has 1 unspecified atom stereocenters. The molecule has 0 aromatic heterocycles. The number of rotatable bonds is 40. The zero-order valence-corrected chi connectivity index (χ0v) is 38.0. The molecule has 1 aliphatic rings. The Bertz CT molecular complexity index is 939. The van der Waals surface area contributed by atoms with E-state index in [9.17, 15) is 14.4 Å². The average Bonchev–Trinajstić information content (AvgIpc) is 3.16. The molecule has 0 aliphatic carbocycles. The number of hydrogen-bond donors (Lipinski definition) is 1. The van der Waals surface area contributed by atoms with Crippen LogP contribution in [0.25, 0.3) is 0 Å². The first kappa shape index (κ1) is 52.3.